The van der Waals surface area contributed by atoms with E-state index in [0.717, 1.165) is 0 Å². The minimum Gasteiger partial charge on any atom is -0.368 e. The molecule has 11 heavy (non-hydrogen) atoms. The summed E-state index contributed by atoms with van der Waals surface area (Å²) >= 11 is 0. The molecule has 1 rings (SSSR count). The van der Waals surface area contributed by atoms with Gasteiger partial charge in [-0.1, -0.05) is 0 Å². The molecule has 6 nitrogen and oxygen atoms in total. The van der Waals surface area contributed by atoms with Gasteiger partial charge >= 0.3 is 0 Å². The lowest BCUT2D eigenvalue weighted by atomic mass is 10.7. The van der Waals surface area contributed by atoms with Crippen LogP contribution in [0.25, 0.3) is 0 Å². The zero-order chi connectivity index (χ0) is 8.10. The Morgan fingerprint density at radius 3 is 2.73 bits per heavy atom. The van der Waals surface area contributed by atoms with Crippen molar-refractivity contribution in [2.45, 2.75) is 0 Å². The van der Waals surface area contributed by atoms with E-state index in [1.165, 1.54) is 12.4 Å². The Bertz CT molecular complexity index is 246. The van der Waals surface area contributed by atoms with Crippen LogP contribution >= 0.6 is 0 Å². The molecule has 58 valence electrons. The van der Waals surface area contributed by atoms with Gasteiger partial charge in [-0.2, -0.15) is 4.99 Å². The molecule has 0 radical (unpaired) electrons. The van der Waals surface area contributed by atoms with Gasteiger partial charge in [0.1, 0.15) is 0 Å². The van der Waals surface area contributed by atoms with Gasteiger partial charge in [0.05, 0.1) is 0 Å². The molecule has 4 N–H and O–H groups in total. The predicted molar refractivity (Wildman–Crippen MR) is 38.2 cm³/mol. The molecule has 0 fully saturated rings. The number of guanidine groups is 1. The summed E-state index contributed by atoms with van der Waals surface area (Å²) in [6.45, 7) is 0. The third-order valence-electron chi connectivity index (χ3n) is 0.887. The second-order valence-corrected chi connectivity index (χ2v) is 1.66. The number of rotatable bonds is 1. The summed E-state index contributed by atoms with van der Waals surface area (Å²) in [5.41, 5.74) is 6.78. The van der Waals surface area contributed by atoms with Gasteiger partial charge in [0, 0.05) is 12.4 Å². The molecule has 0 amide bonds. The Morgan fingerprint density at radius 2 is 2.18 bits per heavy atom. The summed E-state index contributed by atoms with van der Waals surface area (Å²) in [4.78, 5) is 11.1. The molecule has 1 aromatic rings. The minimum absolute atomic E-state index is 0.142. The van der Waals surface area contributed by atoms with Gasteiger partial charge in [-0.05, 0) is 6.07 Å². The number of aromatic nitrogens is 2. The van der Waals surface area contributed by atoms with Crippen LogP contribution < -0.4 is 11.2 Å². The fourth-order valence-electron chi connectivity index (χ4n) is 0.482. The first-order chi connectivity index (χ1) is 5.33. The first-order valence-electron chi connectivity index (χ1n) is 2.84. The van der Waals surface area contributed by atoms with Gasteiger partial charge in [-0.15, -0.1) is 0 Å². The quantitative estimate of drug-likeness (QED) is 0.284. The molecule has 0 saturated carbocycles. The maximum atomic E-state index is 8.23. The van der Waals surface area contributed by atoms with Crippen molar-refractivity contribution in [1.82, 2.24) is 15.4 Å². The molecule has 0 saturated heterocycles. The normalized spacial score (nSPS) is 11.2. The topological polar surface area (TPSA) is 96.4 Å². The van der Waals surface area contributed by atoms with E-state index in [-0.39, 0.29) is 11.9 Å². The second kappa shape index (κ2) is 3.47. The van der Waals surface area contributed by atoms with Crippen LogP contribution in [-0.2, 0) is 0 Å². The SMILES string of the molecule is NC(=Nc1ncccn1)NO. The van der Waals surface area contributed by atoms with E-state index in [2.05, 4.69) is 15.0 Å². The molecule has 1 heterocycles. The van der Waals surface area contributed by atoms with E-state index in [0.29, 0.717) is 0 Å². The summed E-state index contributed by atoms with van der Waals surface area (Å²) in [5, 5.41) is 8.23. The lowest BCUT2D eigenvalue weighted by Gasteiger charge is -1.94. The van der Waals surface area contributed by atoms with E-state index in [9.17, 15) is 0 Å². The van der Waals surface area contributed by atoms with Crippen LogP contribution in [0.4, 0.5) is 5.95 Å². The third kappa shape index (κ3) is 2.18. The highest BCUT2D eigenvalue weighted by molar-refractivity contribution is 5.78. The number of hydroxylamine groups is 1. The van der Waals surface area contributed by atoms with Gasteiger partial charge < -0.3 is 5.73 Å². The maximum Gasteiger partial charge on any atom is 0.252 e. The number of nitrogens with one attached hydrogen (secondary N) is 1. The van der Waals surface area contributed by atoms with Crippen LogP contribution in [0.2, 0.25) is 0 Å². The van der Waals surface area contributed by atoms with Crippen LogP contribution in [0.15, 0.2) is 23.5 Å². The van der Waals surface area contributed by atoms with Crippen molar-refractivity contribution in [1.29, 1.82) is 0 Å². The van der Waals surface area contributed by atoms with E-state index in [4.69, 9.17) is 10.9 Å². The molecule has 1 aromatic heterocycles. The van der Waals surface area contributed by atoms with E-state index in [1.807, 2.05) is 0 Å². The predicted octanol–water partition coefficient (Wildman–Crippen LogP) is -0.598. The molecule has 0 spiro atoms. The number of nitrogens with two attached hydrogens (primary N) is 1. The second-order valence-electron chi connectivity index (χ2n) is 1.66. The van der Waals surface area contributed by atoms with Crippen molar-refractivity contribution in [3.8, 4) is 0 Å². The summed E-state index contributed by atoms with van der Waals surface area (Å²) in [6, 6.07) is 1.65. The zero-order valence-electron chi connectivity index (χ0n) is 5.60. The molecular weight excluding hydrogens is 146 g/mol. The molecule has 0 aliphatic heterocycles. The highest BCUT2D eigenvalue weighted by Gasteiger charge is 1.90. The summed E-state index contributed by atoms with van der Waals surface area (Å²) in [6.07, 6.45) is 3.05. The van der Waals surface area contributed by atoms with Gasteiger partial charge in [-0.25, -0.2) is 15.4 Å². The Kier molecular flexibility index (Phi) is 2.34. The Morgan fingerprint density at radius 1 is 1.55 bits per heavy atom. The standard InChI is InChI=1S/C5H7N5O/c6-4(10-11)9-5-7-2-1-3-8-5/h1-3,11H,(H3,6,7,8,9,10). The first-order valence-corrected chi connectivity index (χ1v) is 2.84. The molecule has 0 aliphatic rings. The molecule has 0 aliphatic carbocycles. The summed E-state index contributed by atoms with van der Waals surface area (Å²) in [5.74, 6) is 0.0581. The Hall–Kier alpha value is -1.69. The van der Waals surface area contributed by atoms with Crippen molar-refractivity contribution in [2.75, 3.05) is 0 Å². The lowest BCUT2D eigenvalue weighted by Crippen LogP contribution is -2.27. The van der Waals surface area contributed by atoms with E-state index in [1.54, 1.807) is 11.5 Å². The molecule has 6 heteroatoms. The highest BCUT2D eigenvalue weighted by atomic mass is 16.5. The Labute approximate surface area is 62.8 Å². The summed E-state index contributed by atoms with van der Waals surface area (Å²) in [7, 11) is 0. The van der Waals surface area contributed by atoms with Crippen molar-refractivity contribution in [3.05, 3.63) is 18.5 Å². The molecule has 0 aromatic carbocycles. The van der Waals surface area contributed by atoms with Crippen LogP contribution in [0, 0.1) is 0 Å². The largest absolute Gasteiger partial charge is 0.368 e. The van der Waals surface area contributed by atoms with Crippen molar-refractivity contribution in [3.63, 3.8) is 0 Å². The van der Waals surface area contributed by atoms with Crippen LogP contribution in [0.5, 0.6) is 0 Å². The van der Waals surface area contributed by atoms with Crippen LogP contribution in [0.1, 0.15) is 0 Å². The van der Waals surface area contributed by atoms with E-state index < -0.39 is 0 Å². The van der Waals surface area contributed by atoms with Crippen LogP contribution in [0.3, 0.4) is 0 Å². The average Bonchev–Trinajstić information content (AvgIpc) is 2.06. The zero-order valence-corrected chi connectivity index (χ0v) is 5.60. The van der Waals surface area contributed by atoms with Gasteiger partial charge in [0.2, 0.25) is 5.96 Å². The van der Waals surface area contributed by atoms with Crippen molar-refractivity contribution in [2.24, 2.45) is 10.7 Å². The first kappa shape index (κ1) is 7.42. The van der Waals surface area contributed by atoms with E-state index >= 15 is 0 Å². The lowest BCUT2D eigenvalue weighted by molar-refractivity contribution is 0.233. The summed E-state index contributed by atoms with van der Waals surface area (Å²) < 4.78 is 0. The third-order valence-corrected chi connectivity index (χ3v) is 0.887. The smallest absolute Gasteiger partial charge is 0.252 e. The average molecular weight is 153 g/mol. The van der Waals surface area contributed by atoms with Gasteiger partial charge in [0.15, 0.2) is 0 Å². The minimum atomic E-state index is -0.142. The van der Waals surface area contributed by atoms with Gasteiger partial charge in [0.25, 0.3) is 5.95 Å². The number of nitrogens with zero attached hydrogens (tertiary/aromatic N) is 3. The Balaban J connectivity index is 2.79. The number of hydrogen-bond acceptors (Lipinski definition) is 4. The highest BCUT2D eigenvalue weighted by Crippen LogP contribution is 1.97. The molecule has 0 bridgehead atoms. The fourth-order valence-corrected chi connectivity index (χ4v) is 0.482. The van der Waals surface area contributed by atoms with Crippen LogP contribution in [-0.4, -0.2) is 21.1 Å². The maximum absolute atomic E-state index is 8.23. The van der Waals surface area contributed by atoms with Crippen molar-refractivity contribution >= 4 is 11.9 Å². The van der Waals surface area contributed by atoms with Crippen molar-refractivity contribution < 1.29 is 5.21 Å². The number of hydrogen-bond donors (Lipinski definition) is 3. The molecule has 0 atom stereocenters. The molecular formula is C5H7N5O. The molecule has 0 unspecified atom stereocenters. The monoisotopic (exact) mass is 153 g/mol. The fraction of sp³-hybridized carbons (Fsp3) is 0. The van der Waals surface area contributed by atoms with Gasteiger partial charge in [-0.3, -0.25) is 5.21 Å². The number of aliphatic imine (C=N–C) groups is 1.